The fourth-order valence-electron chi connectivity index (χ4n) is 2.91. The quantitative estimate of drug-likeness (QED) is 0.681. The van der Waals surface area contributed by atoms with Crippen molar-refractivity contribution in [2.75, 3.05) is 39.4 Å². The Morgan fingerprint density at radius 2 is 1.71 bits per heavy atom. The number of carbonyl (C=O) groups excluding carboxylic acids is 3. The van der Waals surface area contributed by atoms with Gasteiger partial charge >= 0.3 is 6.09 Å². The van der Waals surface area contributed by atoms with Crippen molar-refractivity contribution in [2.45, 2.75) is 32.7 Å². The molecule has 28 heavy (non-hydrogen) atoms. The van der Waals surface area contributed by atoms with Gasteiger partial charge in [0, 0.05) is 32.6 Å². The van der Waals surface area contributed by atoms with E-state index in [1.54, 1.807) is 23.6 Å². The van der Waals surface area contributed by atoms with Gasteiger partial charge in [-0.1, -0.05) is 18.2 Å². The molecule has 0 aromatic heterocycles. The van der Waals surface area contributed by atoms with Gasteiger partial charge in [0.25, 0.3) is 0 Å². The molecule has 0 saturated carbocycles. The van der Waals surface area contributed by atoms with Crippen LogP contribution in [0.2, 0.25) is 0 Å². The van der Waals surface area contributed by atoms with Gasteiger partial charge in [0.15, 0.2) is 0 Å². The summed E-state index contributed by atoms with van der Waals surface area (Å²) in [6, 6.07) is 8.82. The lowest BCUT2D eigenvalue weighted by atomic mass is 10.2. The first-order chi connectivity index (χ1) is 13.5. The number of rotatable bonds is 8. The first-order valence-electron chi connectivity index (χ1n) is 9.69. The van der Waals surface area contributed by atoms with E-state index in [9.17, 15) is 14.4 Å². The lowest BCUT2D eigenvalue weighted by molar-refractivity contribution is -0.137. The summed E-state index contributed by atoms with van der Waals surface area (Å²) in [5.41, 5.74) is 0. The molecular formula is C20H29N3O5. The number of piperazine rings is 1. The average Bonchev–Trinajstić information content (AvgIpc) is 2.71. The number of para-hydroxylation sites is 1. The number of ether oxygens (including phenoxy) is 2. The molecule has 1 fully saturated rings. The fraction of sp³-hybridized carbons (Fsp3) is 0.550. The highest BCUT2D eigenvalue weighted by Gasteiger charge is 2.28. The molecule has 8 heteroatoms. The number of nitrogens with zero attached hydrogens (tertiary/aromatic N) is 2. The molecule has 1 aliphatic rings. The smallest absolute Gasteiger partial charge is 0.409 e. The minimum Gasteiger partial charge on any atom is -0.494 e. The van der Waals surface area contributed by atoms with Gasteiger partial charge in [-0.2, -0.15) is 0 Å². The van der Waals surface area contributed by atoms with Crippen LogP contribution in [0.15, 0.2) is 30.3 Å². The molecule has 154 valence electrons. The predicted molar refractivity (Wildman–Crippen MR) is 104 cm³/mol. The summed E-state index contributed by atoms with van der Waals surface area (Å²) in [5, 5.41) is 2.74. The Hall–Kier alpha value is -2.77. The second-order valence-corrected chi connectivity index (χ2v) is 6.57. The molecule has 2 rings (SSSR count). The molecule has 1 heterocycles. The van der Waals surface area contributed by atoms with E-state index in [-0.39, 0.29) is 17.9 Å². The maximum atomic E-state index is 12.5. The third-order valence-corrected chi connectivity index (χ3v) is 4.43. The van der Waals surface area contributed by atoms with Crippen LogP contribution in [-0.2, 0) is 14.3 Å². The molecule has 3 amide bonds. The van der Waals surface area contributed by atoms with E-state index in [1.807, 2.05) is 30.3 Å². The van der Waals surface area contributed by atoms with Crippen molar-refractivity contribution in [1.29, 1.82) is 0 Å². The molecule has 0 unspecified atom stereocenters. The highest BCUT2D eigenvalue weighted by Crippen LogP contribution is 2.09. The lowest BCUT2D eigenvalue weighted by Crippen LogP contribution is -2.55. The Bertz CT molecular complexity index is 645. The van der Waals surface area contributed by atoms with Gasteiger partial charge < -0.3 is 24.6 Å². The minimum atomic E-state index is -0.600. The lowest BCUT2D eigenvalue weighted by Gasteiger charge is -2.35. The Kier molecular flexibility index (Phi) is 8.58. The van der Waals surface area contributed by atoms with Crippen molar-refractivity contribution in [1.82, 2.24) is 15.1 Å². The fourth-order valence-corrected chi connectivity index (χ4v) is 2.91. The summed E-state index contributed by atoms with van der Waals surface area (Å²) in [6.45, 7) is 5.94. The normalized spacial score (nSPS) is 14.9. The van der Waals surface area contributed by atoms with Crippen molar-refractivity contribution in [3.8, 4) is 5.75 Å². The Morgan fingerprint density at radius 1 is 1.07 bits per heavy atom. The zero-order valence-electron chi connectivity index (χ0n) is 16.6. The van der Waals surface area contributed by atoms with Crippen LogP contribution >= 0.6 is 0 Å². The number of nitrogens with one attached hydrogen (secondary N) is 1. The van der Waals surface area contributed by atoms with Crippen LogP contribution in [0, 0.1) is 0 Å². The zero-order valence-corrected chi connectivity index (χ0v) is 16.6. The molecule has 1 saturated heterocycles. The summed E-state index contributed by atoms with van der Waals surface area (Å²) in [4.78, 5) is 39.5. The predicted octanol–water partition coefficient (Wildman–Crippen LogP) is 1.65. The van der Waals surface area contributed by atoms with Gasteiger partial charge in [0.05, 0.1) is 13.2 Å². The molecule has 0 bridgehead atoms. The number of benzene rings is 1. The minimum absolute atomic E-state index is 0.141. The van der Waals surface area contributed by atoms with Crippen LogP contribution in [0.25, 0.3) is 0 Å². The molecule has 0 aliphatic carbocycles. The van der Waals surface area contributed by atoms with Crippen LogP contribution in [-0.4, -0.2) is 73.1 Å². The third kappa shape index (κ3) is 6.75. The van der Waals surface area contributed by atoms with Crippen LogP contribution in [0.5, 0.6) is 5.75 Å². The maximum Gasteiger partial charge on any atom is 0.409 e. The van der Waals surface area contributed by atoms with Crippen molar-refractivity contribution >= 4 is 17.9 Å². The van der Waals surface area contributed by atoms with Crippen molar-refractivity contribution in [2.24, 2.45) is 0 Å². The highest BCUT2D eigenvalue weighted by atomic mass is 16.6. The summed E-state index contributed by atoms with van der Waals surface area (Å²) in [5.74, 6) is 0.452. The number of carbonyl (C=O) groups is 3. The van der Waals surface area contributed by atoms with Gasteiger partial charge in [-0.15, -0.1) is 0 Å². The Labute approximate surface area is 165 Å². The van der Waals surface area contributed by atoms with Crippen molar-refractivity contribution in [3.05, 3.63) is 30.3 Å². The number of hydrogen-bond donors (Lipinski definition) is 1. The highest BCUT2D eigenvalue weighted by molar-refractivity contribution is 5.87. The summed E-state index contributed by atoms with van der Waals surface area (Å²) in [7, 11) is 0. The van der Waals surface area contributed by atoms with E-state index >= 15 is 0 Å². The van der Waals surface area contributed by atoms with Gasteiger partial charge in [-0.25, -0.2) is 4.79 Å². The van der Waals surface area contributed by atoms with E-state index in [2.05, 4.69) is 5.32 Å². The molecule has 1 atom stereocenters. The number of hydrogen-bond acceptors (Lipinski definition) is 5. The first-order valence-corrected chi connectivity index (χ1v) is 9.69. The average molecular weight is 391 g/mol. The topological polar surface area (TPSA) is 88.2 Å². The van der Waals surface area contributed by atoms with Crippen LogP contribution < -0.4 is 10.1 Å². The van der Waals surface area contributed by atoms with E-state index in [4.69, 9.17) is 9.47 Å². The number of amides is 3. The Morgan fingerprint density at radius 3 is 2.36 bits per heavy atom. The van der Waals surface area contributed by atoms with Gasteiger partial charge in [-0.3, -0.25) is 9.59 Å². The monoisotopic (exact) mass is 391 g/mol. The van der Waals surface area contributed by atoms with Crippen molar-refractivity contribution in [3.63, 3.8) is 0 Å². The van der Waals surface area contributed by atoms with Crippen LogP contribution in [0.4, 0.5) is 4.79 Å². The molecule has 0 spiro atoms. The summed E-state index contributed by atoms with van der Waals surface area (Å²) >= 11 is 0. The van der Waals surface area contributed by atoms with Crippen LogP contribution in [0.3, 0.4) is 0 Å². The zero-order chi connectivity index (χ0) is 20.4. The van der Waals surface area contributed by atoms with Crippen LogP contribution in [0.1, 0.15) is 26.7 Å². The third-order valence-electron chi connectivity index (χ3n) is 4.43. The molecule has 0 radical (unpaired) electrons. The standard InChI is InChI=1S/C20H29N3O5/c1-3-27-20(26)23-13-11-22(12-14-23)19(25)16(2)21-18(24)10-7-15-28-17-8-5-4-6-9-17/h4-6,8-9,16H,3,7,10-15H2,1-2H3,(H,21,24)/t16-/m0/s1. The van der Waals surface area contributed by atoms with E-state index in [0.29, 0.717) is 52.2 Å². The maximum absolute atomic E-state index is 12.5. The Balaban J connectivity index is 1.64. The molecule has 1 aromatic carbocycles. The van der Waals surface area contributed by atoms with Gasteiger partial charge in [0.2, 0.25) is 11.8 Å². The molecule has 1 N–H and O–H groups in total. The second kappa shape index (κ2) is 11.2. The largest absolute Gasteiger partial charge is 0.494 e. The van der Waals surface area contributed by atoms with Crippen molar-refractivity contribution < 1.29 is 23.9 Å². The SMILES string of the molecule is CCOC(=O)N1CCN(C(=O)[C@H](C)NC(=O)CCCOc2ccccc2)CC1. The molecule has 1 aromatic rings. The molecule has 1 aliphatic heterocycles. The molecule has 8 nitrogen and oxygen atoms in total. The van der Waals surface area contributed by atoms with E-state index in [0.717, 1.165) is 5.75 Å². The van der Waals surface area contributed by atoms with E-state index in [1.165, 1.54) is 0 Å². The molecular weight excluding hydrogens is 362 g/mol. The first kappa shape index (κ1) is 21.5. The van der Waals surface area contributed by atoms with Gasteiger partial charge in [-0.05, 0) is 32.4 Å². The van der Waals surface area contributed by atoms with Gasteiger partial charge in [0.1, 0.15) is 11.8 Å². The summed E-state index contributed by atoms with van der Waals surface area (Å²) in [6.07, 6.45) is 0.509. The summed E-state index contributed by atoms with van der Waals surface area (Å²) < 4.78 is 10.5. The van der Waals surface area contributed by atoms with E-state index < -0.39 is 6.04 Å². The second-order valence-electron chi connectivity index (χ2n) is 6.57.